The van der Waals surface area contributed by atoms with Crippen LogP contribution in [0.3, 0.4) is 0 Å². The van der Waals surface area contributed by atoms with E-state index in [0.717, 1.165) is 34.8 Å². The number of nitrogens with one attached hydrogen (secondary N) is 1. The van der Waals surface area contributed by atoms with Crippen molar-refractivity contribution in [1.29, 1.82) is 0 Å². The number of hydrogen-bond donors (Lipinski definition) is 1. The van der Waals surface area contributed by atoms with Crippen molar-refractivity contribution in [1.82, 2.24) is 15.2 Å². The Morgan fingerprint density at radius 3 is 2.75 bits per heavy atom. The first-order valence-corrected chi connectivity index (χ1v) is 12.0. The molecular weight excluding hydrogens is 428 g/mol. The van der Waals surface area contributed by atoms with Crippen LogP contribution in [-0.2, 0) is 9.59 Å². The lowest BCUT2D eigenvalue weighted by Gasteiger charge is -2.34. The van der Waals surface area contributed by atoms with Gasteiger partial charge in [0, 0.05) is 6.42 Å². The lowest BCUT2D eigenvalue weighted by atomic mass is 9.75. The molecule has 1 spiro atoms. The smallest absolute Gasteiger partial charge is 0.325 e. The molecule has 4 heterocycles. The summed E-state index contributed by atoms with van der Waals surface area (Å²) in [6.07, 6.45) is 6.22. The Balaban J connectivity index is 1.35. The Hall–Kier alpha value is -2.94. The molecule has 32 heavy (non-hydrogen) atoms. The number of rotatable bonds is 5. The second-order valence-corrected chi connectivity index (χ2v) is 9.70. The fourth-order valence-corrected chi connectivity index (χ4v) is 5.70. The standard InChI is InChI=1S/C23H26N4O4S/c1-2-15-7-9-23(10-8-15)21(29)26(22(30)24-23)14-20(28)27-17(18-5-3-11-31-18)13-16(25-27)19-6-4-12-32-19/h3-6,11-12,15,17H,2,7-10,13-14H2,1H3,(H,24,30). The van der Waals surface area contributed by atoms with Crippen molar-refractivity contribution in [2.24, 2.45) is 11.0 Å². The van der Waals surface area contributed by atoms with Crippen molar-refractivity contribution < 1.29 is 18.8 Å². The van der Waals surface area contributed by atoms with Gasteiger partial charge in [0.1, 0.15) is 23.9 Å². The van der Waals surface area contributed by atoms with Gasteiger partial charge in [-0.25, -0.2) is 9.80 Å². The molecule has 2 fully saturated rings. The third-order valence-corrected chi connectivity index (χ3v) is 7.84. The van der Waals surface area contributed by atoms with Gasteiger partial charge in [0.15, 0.2) is 0 Å². The molecule has 2 aromatic heterocycles. The third-order valence-electron chi connectivity index (χ3n) is 6.92. The third kappa shape index (κ3) is 3.54. The highest BCUT2D eigenvalue weighted by atomic mass is 32.1. The Morgan fingerprint density at radius 1 is 1.28 bits per heavy atom. The van der Waals surface area contributed by atoms with E-state index in [1.165, 1.54) is 5.01 Å². The Morgan fingerprint density at radius 2 is 2.09 bits per heavy atom. The van der Waals surface area contributed by atoms with E-state index in [0.29, 0.717) is 30.9 Å². The Labute approximate surface area is 190 Å². The summed E-state index contributed by atoms with van der Waals surface area (Å²) in [7, 11) is 0. The number of amides is 4. The molecule has 1 aliphatic carbocycles. The van der Waals surface area contributed by atoms with Gasteiger partial charge < -0.3 is 9.73 Å². The van der Waals surface area contributed by atoms with E-state index in [4.69, 9.17) is 4.42 Å². The monoisotopic (exact) mass is 454 g/mol. The summed E-state index contributed by atoms with van der Waals surface area (Å²) >= 11 is 1.56. The predicted molar refractivity (Wildman–Crippen MR) is 119 cm³/mol. The van der Waals surface area contributed by atoms with Crippen LogP contribution in [0.25, 0.3) is 0 Å². The minimum atomic E-state index is -0.861. The van der Waals surface area contributed by atoms with Gasteiger partial charge in [-0.3, -0.25) is 14.5 Å². The molecule has 1 atom stereocenters. The number of imide groups is 1. The minimum Gasteiger partial charge on any atom is -0.467 e. The van der Waals surface area contributed by atoms with Crippen LogP contribution in [0, 0.1) is 5.92 Å². The van der Waals surface area contributed by atoms with Crippen molar-refractivity contribution >= 4 is 34.9 Å². The summed E-state index contributed by atoms with van der Waals surface area (Å²) in [4.78, 5) is 41.2. The highest BCUT2D eigenvalue weighted by Gasteiger charge is 2.53. The van der Waals surface area contributed by atoms with Crippen LogP contribution in [0.4, 0.5) is 4.79 Å². The van der Waals surface area contributed by atoms with E-state index in [-0.39, 0.29) is 12.5 Å². The number of hydrazone groups is 1. The van der Waals surface area contributed by atoms with Gasteiger partial charge in [-0.1, -0.05) is 19.4 Å². The molecule has 168 valence electrons. The average molecular weight is 455 g/mol. The van der Waals surface area contributed by atoms with E-state index in [2.05, 4.69) is 17.3 Å². The first-order valence-electron chi connectivity index (χ1n) is 11.1. The Kier molecular flexibility index (Phi) is 5.36. The number of carbonyl (C=O) groups excluding carboxylic acids is 3. The lowest BCUT2D eigenvalue weighted by Crippen LogP contribution is -2.50. The average Bonchev–Trinajstić information content (AvgIpc) is 3.58. The quantitative estimate of drug-likeness (QED) is 0.693. The van der Waals surface area contributed by atoms with Gasteiger partial charge in [-0.05, 0) is 55.2 Å². The first-order chi connectivity index (χ1) is 15.5. The summed E-state index contributed by atoms with van der Waals surface area (Å²) in [5.74, 6) is 0.521. The molecule has 9 heteroatoms. The molecule has 1 saturated carbocycles. The van der Waals surface area contributed by atoms with E-state index in [1.807, 2.05) is 23.6 Å². The lowest BCUT2D eigenvalue weighted by molar-refractivity contribution is -0.140. The van der Waals surface area contributed by atoms with Gasteiger partial charge in [-0.2, -0.15) is 5.10 Å². The molecule has 0 radical (unpaired) electrons. The van der Waals surface area contributed by atoms with Gasteiger partial charge in [0.2, 0.25) is 0 Å². The van der Waals surface area contributed by atoms with Crippen molar-refractivity contribution in [2.75, 3.05) is 6.54 Å². The summed E-state index contributed by atoms with van der Waals surface area (Å²) in [6, 6.07) is 6.60. The summed E-state index contributed by atoms with van der Waals surface area (Å²) in [6.45, 7) is 1.82. The van der Waals surface area contributed by atoms with Gasteiger partial charge in [0.05, 0.1) is 16.9 Å². The number of thiophene rings is 1. The molecule has 0 bridgehead atoms. The SMILES string of the molecule is CCC1CCC2(CC1)NC(=O)N(CC(=O)N1N=C(c3cccs3)CC1c1ccco1)C2=O. The van der Waals surface area contributed by atoms with Crippen LogP contribution in [0.1, 0.15) is 62.1 Å². The molecule has 5 rings (SSSR count). The summed E-state index contributed by atoms with van der Waals surface area (Å²) in [5.41, 5.74) is -0.0684. The van der Waals surface area contributed by atoms with Crippen molar-refractivity contribution in [3.05, 3.63) is 46.5 Å². The zero-order chi connectivity index (χ0) is 22.3. The number of hydrogen-bond acceptors (Lipinski definition) is 6. The van der Waals surface area contributed by atoms with Crippen LogP contribution in [0.2, 0.25) is 0 Å². The molecule has 1 N–H and O–H groups in total. The minimum absolute atomic E-state index is 0.290. The van der Waals surface area contributed by atoms with Gasteiger partial charge in [0.25, 0.3) is 11.8 Å². The first kappa shape index (κ1) is 20.9. The molecule has 1 saturated heterocycles. The van der Waals surface area contributed by atoms with E-state index in [9.17, 15) is 14.4 Å². The molecule has 1 unspecified atom stereocenters. The molecular formula is C23H26N4O4S. The number of urea groups is 1. The highest BCUT2D eigenvalue weighted by molar-refractivity contribution is 7.12. The molecule has 2 aromatic rings. The number of carbonyl (C=O) groups is 3. The topological polar surface area (TPSA) is 95.2 Å². The van der Waals surface area contributed by atoms with E-state index in [1.54, 1.807) is 23.7 Å². The zero-order valence-electron chi connectivity index (χ0n) is 18.0. The second-order valence-electron chi connectivity index (χ2n) is 8.75. The molecule has 8 nitrogen and oxygen atoms in total. The van der Waals surface area contributed by atoms with E-state index < -0.39 is 23.5 Å². The molecule has 2 aliphatic heterocycles. The second kappa shape index (κ2) is 8.20. The largest absolute Gasteiger partial charge is 0.467 e. The maximum atomic E-state index is 13.3. The van der Waals surface area contributed by atoms with Crippen LogP contribution >= 0.6 is 11.3 Å². The predicted octanol–water partition coefficient (Wildman–Crippen LogP) is 3.91. The highest BCUT2D eigenvalue weighted by Crippen LogP contribution is 2.38. The van der Waals surface area contributed by atoms with Crippen molar-refractivity contribution in [3.8, 4) is 0 Å². The normalized spacial score (nSPS) is 27.8. The van der Waals surface area contributed by atoms with Crippen LogP contribution in [-0.4, -0.2) is 45.5 Å². The van der Waals surface area contributed by atoms with Crippen molar-refractivity contribution in [2.45, 2.75) is 57.0 Å². The van der Waals surface area contributed by atoms with Crippen LogP contribution in [0.5, 0.6) is 0 Å². The Bertz CT molecular complexity index is 1040. The summed E-state index contributed by atoms with van der Waals surface area (Å²) < 4.78 is 5.56. The van der Waals surface area contributed by atoms with E-state index >= 15 is 0 Å². The number of furan rings is 1. The molecule has 3 aliphatic rings. The van der Waals surface area contributed by atoms with Crippen molar-refractivity contribution in [3.63, 3.8) is 0 Å². The van der Waals surface area contributed by atoms with Gasteiger partial charge >= 0.3 is 6.03 Å². The van der Waals surface area contributed by atoms with Gasteiger partial charge in [-0.15, -0.1) is 11.3 Å². The molecule has 0 aromatic carbocycles. The number of nitrogens with zero attached hydrogens (tertiary/aromatic N) is 3. The molecule has 4 amide bonds. The van der Waals surface area contributed by atoms with Crippen LogP contribution < -0.4 is 5.32 Å². The zero-order valence-corrected chi connectivity index (χ0v) is 18.8. The summed E-state index contributed by atoms with van der Waals surface area (Å²) in [5, 5.41) is 10.8. The fraction of sp³-hybridized carbons (Fsp3) is 0.478. The van der Waals surface area contributed by atoms with Crippen LogP contribution in [0.15, 0.2) is 45.4 Å². The maximum absolute atomic E-state index is 13.3. The fourth-order valence-electron chi connectivity index (χ4n) is 4.98. The maximum Gasteiger partial charge on any atom is 0.325 e.